The summed E-state index contributed by atoms with van der Waals surface area (Å²) in [6.45, 7) is 4.79. The highest BCUT2D eigenvalue weighted by Crippen LogP contribution is 2.43. The topological polar surface area (TPSA) is 117 Å². The summed E-state index contributed by atoms with van der Waals surface area (Å²) in [6.07, 6.45) is 55.3. The zero-order valence-electron chi connectivity index (χ0n) is 36.8. The van der Waals surface area contributed by atoms with Crippen LogP contribution in [0.3, 0.4) is 0 Å². The van der Waals surface area contributed by atoms with E-state index in [1.54, 1.807) is 0 Å². The predicted octanol–water partition coefficient (Wildman–Crippen LogP) is 14.1. The molecular formula is C48H88NO7P. The van der Waals surface area contributed by atoms with Crippen molar-refractivity contribution in [3.63, 3.8) is 0 Å². The van der Waals surface area contributed by atoms with Crippen LogP contribution >= 0.6 is 7.82 Å². The lowest BCUT2D eigenvalue weighted by atomic mass is 10.1. The quantitative estimate of drug-likeness (QED) is 0.0270. The maximum atomic E-state index is 12.6. The van der Waals surface area contributed by atoms with Gasteiger partial charge in [-0.1, -0.05) is 177 Å². The van der Waals surface area contributed by atoms with E-state index in [4.69, 9.17) is 24.3 Å². The molecule has 0 aromatic rings. The van der Waals surface area contributed by atoms with Crippen molar-refractivity contribution >= 4 is 13.8 Å². The summed E-state index contributed by atoms with van der Waals surface area (Å²) in [7, 11) is -4.28. The molecule has 0 heterocycles. The number of hydrogen-bond acceptors (Lipinski definition) is 7. The van der Waals surface area contributed by atoms with E-state index in [0.29, 0.717) is 13.0 Å². The first-order chi connectivity index (χ1) is 27.9. The third kappa shape index (κ3) is 45.1. The van der Waals surface area contributed by atoms with Gasteiger partial charge in [-0.15, -0.1) is 0 Å². The summed E-state index contributed by atoms with van der Waals surface area (Å²) in [5.41, 5.74) is 5.38. The Hall–Kier alpha value is -1.80. The number of phosphoric acid groups is 1. The number of carbonyl (C=O) groups excluding carboxylic acids is 1. The lowest BCUT2D eigenvalue weighted by Gasteiger charge is -2.20. The second-order valence-corrected chi connectivity index (χ2v) is 16.7. The number of unbranched alkanes of at least 4 members (excludes halogenated alkanes) is 21. The summed E-state index contributed by atoms with van der Waals surface area (Å²) in [5.74, 6) is -0.342. The van der Waals surface area contributed by atoms with Gasteiger partial charge in [-0.3, -0.25) is 13.8 Å². The molecule has 0 amide bonds. The van der Waals surface area contributed by atoms with Crippen LogP contribution in [0.4, 0.5) is 0 Å². The number of nitrogens with two attached hydrogens (primary N) is 1. The second kappa shape index (κ2) is 45.3. The van der Waals surface area contributed by atoms with Crippen LogP contribution < -0.4 is 5.73 Å². The summed E-state index contributed by atoms with van der Waals surface area (Å²) in [4.78, 5) is 22.5. The lowest BCUT2D eigenvalue weighted by molar-refractivity contribution is -0.154. The van der Waals surface area contributed by atoms with Gasteiger partial charge in [-0.05, 0) is 77.0 Å². The zero-order chi connectivity index (χ0) is 41.6. The molecule has 332 valence electrons. The number of phosphoric ester groups is 1. The molecule has 0 aliphatic rings. The monoisotopic (exact) mass is 822 g/mol. The highest BCUT2D eigenvalue weighted by atomic mass is 31.2. The van der Waals surface area contributed by atoms with Gasteiger partial charge in [0.05, 0.1) is 19.8 Å². The zero-order valence-corrected chi connectivity index (χ0v) is 37.7. The number of allylic oxidation sites excluding steroid dienone is 10. The minimum Gasteiger partial charge on any atom is -0.457 e. The van der Waals surface area contributed by atoms with Gasteiger partial charge in [0.15, 0.2) is 0 Å². The predicted molar refractivity (Wildman–Crippen MR) is 242 cm³/mol. The van der Waals surface area contributed by atoms with Crippen LogP contribution in [0.25, 0.3) is 0 Å². The fourth-order valence-electron chi connectivity index (χ4n) is 6.28. The van der Waals surface area contributed by atoms with Crippen molar-refractivity contribution in [2.45, 2.75) is 206 Å². The van der Waals surface area contributed by atoms with E-state index in [1.807, 2.05) is 0 Å². The van der Waals surface area contributed by atoms with Crippen molar-refractivity contribution < 1.29 is 32.8 Å². The van der Waals surface area contributed by atoms with Crippen LogP contribution in [0.1, 0.15) is 200 Å². The lowest BCUT2D eigenvalue weighted by Crippen LogP contribution is -2.28. The van der Waals surface area contributed by atoms with Crippen LogP contribution in [0, 0.1) is 0 Å². The van der Waals surface area contributed by atoms with E-state index in [0.717, 1.165) is 70.6 Å². The third-order valence-corrected chi connectivity index (χ3v) is 10.7. The van der Waals surface area contributed by atoms with E-state index >= 15 is 0 Å². The minimum absolute atomic E-state index is 0.0959. The van der Waals surface area contributed by atoms with Crippen LogP contribution in [0.2, 0.25) is 0 Å². The summed E-state index contributed by atoms with van der Waals surface area (Å²) in [5, 5.41) is 0. The highest BCUT2D eigenvalue weighted by molar-refractivity contribution is 7.47. The molecule has 0 aromatic carbocycles. The Balaban J connectivity index is 4.01. The average Bonchev–Trinajstić information content (AvgIpc) is 3.20. The molecular weight excluding hydrogens is 734 g/mol. The van der Waals surface area contributed by atoms with E-state index in [-0.39, 0.29) is 32.3 Å². The summed E-state index contributed by atoms with van der Waals surface area (Å²) >= 11 is 0. The van der Waals surface area contributed by atoms with Gasteiger partial charge >= 0.3 is 13.8 Å². The molecule has 0 radical (unpaired) electrons. The van der Waals surface area contributed by atoms with E-state index in [9.17, 15) is 14.3 Å². The van der Waals surface area contributed by atoms with E-state index in [1.165, 1.54) is 109 Å². The van der Waals surface area contributed by atoms with Gasteiger partial charge in [0.25, 0.3) is 0 Å². The fraction of sp³-hybridized carbons (Fsp3) is 0.771. The molecule has 57 heavy (non-hydrogen) atoms. The SMILES string of the molecule is CC/C=C\C/C=C\C/C=C\C/C=C\CCCCCCCCCCCOCC(COP(=O)(O)OCCN)OC(=O)CCCCCCC/C=C\CCCCCCCCC. The van der Waals surface area contributed by atoms with Crippen molar-refractivity contribution in [3.8, 4) is 0 Å². The standard InChI is InChI=1S/C48H88NO7P/c1-3-5-7-9-11-13-15-17-19-21-22-23-24-25-26-28-30-32-34-36-38-40-43-53-45-47(46-55-57(51,52)54-44-42-49)56-48(50)41-39-37-35-33-31-29-27-20-18-16-14-12-10-8-6-4-2/h5,7,11,13,17,19-20,22-23,27,47H,3-4,6,8-10,12,14-16,18,21,24-26,28-46,49H2,1-2H3,(H,51,52)/b7-5-,13-11-,19-17-,23-22-,27-20-. The van der Waals surface area contributed by atoms with Gasteiger partial charge < -0.3 is 20.1 Å². The smallest absolute Gasteiger partial charge is 0.457 e. The Labute approximate surface area is 351 Å². The van der Waals surface area contributed by atoms with Crippen molar-refractivity contribution in [1.82, 2.24) is 0 Å². The van der Waals surface area contributed by atoms with Crippen molar-refractivity contribution in [1.29, 1.82) is 0 Å². The molecule has 0 bridgehead atoms. The molecule has 2 unspecified atom stereocenters. The molecule has 0 spiro atoms. The molecule has 0 aliphatic heterocycles. The van der Waals surface area contributed by atoms with Crippen molar-refractivity contribution in [2.75, 3.05) is 33.0 Å². The van der Waals surface area contributed by atoms with Gasteiger partial charge in [0.1, 0.15) is 6.10 Å². The first kappa shape index (κ1) is 55.2. The number of hydrogen-bond donors (Lipinski definition) is 2. The number of rotatable bonds is 44. The van der Waals surface area contributed by atoms with Gasteiger partial charge in [-0.25, -0.2) is 4.57 Å². The summed E-state index contributed by atoms with van der Waals surface area (Å²) in [6, 6.07) is 0. The highest BCUT2D eigenvalue weighted by Gasteiger charge is 2.25. The molecule has 0 fully saturated rings. The molecule has 0 aromatic heterocycles. The number of carbonyl (C=O) groups is 1. The van der Waals surface area contributed by atoms with Crippen LogP contribution in [0.15, 0.2) is 60.8 Å². The molecule has 9 heteroatoms. The van der Waals surface area contributed by atoms with Crippen molar-refractivity contribution in [3.05, 3.63) is 60.8 Å². The Morgan fingerprint density at radius 3 is 1.49 bits per heavy atom. The number of esters is 1. The molecule has 0 saturated heterocycles. The van der Waals surface area contributed by atoms with Crippen molar-refractivity contribution in [2.24, 2.45) is 5.73 Å². The van der Waals surface area contributed by atoms with E-state index < -0.39 is 13.9 Å². The van der Waals surface area contributed by atoms with Gasteiger partial charge in [-0.2, -0.15) is 0 Å². The molecule has 0 aliphatic carbocycles. The molecule has 3 N–H and O–H groups in total. The first-order valence-electron chi connectivity index (χ1n) is 23.3. The second-order valence-electron chi connectivity index (χ2n) is 15.2. The summed E-state index contributed by atoms with van der Waals surface area (Å²) < 4.78 is 33.5. The van der Waals surface area contributed by atoms with Gasteiger partial charge in [0.2, 0.25) is 0 Å². The normalized spacial score (nSPS) is 14.0. The maximum Gasteiger partial charge on any atom is 0.472 e. The average molecular weight is 822 g/mol. The Kier molecular flexibility index (Phi) is 43.9. The maximum absolute atomic E-state index is 12.6. The minimum atomic E-state index is -4.28. The molecule has 8 nitrogen and oxygen atoms in total. The van der Waals surface area contributed by atoms with E-state index in [2.05, 4.69) is 74.6 Å². The van der Waals surface area contributed by atoms with Crippen LogP contribution in [-0.4, -0.2) is 49.9 Å². The third-order valence-electron chi connectivity index (χ3n) is 9.67. The Morgan fingerprint density at radius 1 is 0.544 bits per heavy atom. The Morgan fingerprint density at radius 2 is 0.982 bits per heavy atom. The van der Waals surface area contributed by atoms with Crippen LogP contribution in [-0.2, 0) is 27.9 Å². The Bertz CT molecular complexity index is 1060. The largest absolute Gasteiger partial charge is 0.472 e. The van der Waals surface area contributed by atoms with Crippen LogP contribution in [0.5, 0.6) is 0 Å². The molecule has 0 rings (SSSR count). The van der Waals surface area contributed by atoms with Gasteiger partial charge in [0, 0.05) is 19.6 Å². The molecule has 2 atom stereocenters. The first-order valence-corrected chi connectivity index (χ1v) is 24.8. The fourth-order valence-corrected chi connectivity index (χ4v) is 7.04. The number of ether oxygens (including phenoxy) is 2. The molecule has 0 saturated carbocycles.